The summed E-state index contributed by atoms with van der Waals surface area (Å²) in [5, 5.41) is 15.4. The molecule has 0 aliphatic heterocycles. The van der Waals surface area contributed by atoms with E-state index < -0.39 is 17.7 Å². The van der Waals surface area contributed by atoms with Gasteiger partial charge in [0.1, 0.15) is 0 Å². The van der Waals surface area contributed by atoms with Gasteiger partial charge >= 0.3 is 5.97 Å². The van der Waals surface area contributed by atoms with Crippen molar-refractivity contribution in [2.24, 2.45) is 5.92 Å². The van der Waals surface area contributed by atoms with E-state index in [1.165, 1.54) is 6.92 Å². The molecule has 0 amide bonds. The third-order valence-electron chi connectivity index (χ3n) is 1.13. The molecule has 4 nitrogen and oxygen atoms in total. The fourth-order valence-corrected chi connectivity index (χ4v) is 0.796. The zero-order valence-electron chi connectivity index (χ0n) is 5.93. The number of carboxylic acid groups (broad SMARTS) is 1. The van der Waals surface area contributed by atoms with Gasteiger partial charge in [0, 0.05) is 5.71 Å². The molecule has 1 unspecified atom stereocenters. The number of carboxylic acids is 1. The van der Waals surface area contributed by atoms with Gasteiger partial charge in [0.05, 0.1) is 5.88 Å². The highest BCUT2D eigenvalue weighted by Crippen LogP contribution is 2.02. The van der Waals surface area contributed by atoms with Crippen LogP contribution >= 0.6 is 11.6 Å². The maximum atomic E-state index is 10.7. The van der Waals surface area contributed by atoms with Gasteiger partial charge in [-0.05, 0) is 6.92 Å². The lowest BCUT2D eigenvalue weighted by molar-refractivity contribution is -0.142. The summed E-state index contributed by atoms with van der Waals surface area (Å²) in [5.41, 5.74) is -0.192. The van der Waals surface area contributed by atoms with Crippen molar-refractivity contribution in [3.05, 3.63) is 0 Å². The van der Waals surface area contributed by atoms with Crippen LogP contribution in [0.1, 0.15) is 6.92 Å². The van der Waals surface area contributed by atoms with Gasteiger partial charge in [0.2, 0.25) is 0 Å². The van der Waals surface area contributed by atoms with Crippen LogP contribution in [0.15, 0.2) is 0 Å². The molecule has 0 aliphatic rings. The van der Waals surface area contributed by atoms with E-state index in [1.807, 2.05) is 0 Å². The second-order valence-corrected chi connectivity index (χ2v) is 2.32. The van der Waals surface area contributed by atoms with Gasteiger partial charge < -0.3 is 10.5 Å². The Kier molecular flexibility index (Phi) is 3.74. The number of carbonyl (C=O) groups excluding carboxylic acids is 1. The van der Waals surface area contributed by atoms with Gasteiger partial charge in [0.15, 0.2) is 11.7 Å². The average Bonchev–Trinajstić information content (AvgIpc) is 1.85. The first-order chi connectivity index (χ1) is 5.00. The van der Waals surface area contributed by atoms with Crippen LogP contribution in [0.5, 0.6) is 0 Å². The first kappa shape index (κ1) is 10.1. The molecule has 0 spiro atoms. The van der Waals surface area contributed by atoms with Crippen LogP contribution < -0.4 is 0 Å². The summed E-state index contributed by atoms with van der Waals surface area (Å²) < 4.78 is 0. The molecule has 0 rings (SSSR count). The molecule has 0 aromatic rings. The summed E-state index contributed by atoms with van der Waals surface area (Å²) in [7, 11) is 0. The molecule has 0 radical (unpaired) electrons. The minimum atomic E-state index is -1.37. The van der Waals surface area contributed by atoms with Gasteiger partial charge in [0.25, 0.3) is 0 Å². The van der Waals surface area contributed by atoms with Crippen molar-refractivity contribution < 1.29 is 14.7 Å². The zero-order chi connectivity index (χ0) is 9.02. The number of Topliss-reactive ketones (excluding diaryl/α,β-unsaturated/α-hetero) is 1. The Hall–Kier alpha value is -0.900. The lowest BCUT2D eigenvalue weighted by Crippen LogP contribution is -2.30. The molecule has 11 heavy (non-hydrogen) atoms. The smallest absolute Gasteiger partial charge is 0.319 e. The van der Waals surface area contributed by atoms with E-state index in [4.69, 9.17) is 22.1 Å². The molecule has 0 bridgehead atoms. The van der Waals surface area contributed by atoms with Crippen LogP contribution in [0, 0.1) is 11.3 Å². The normalized spacial score (nSPS) is 12.2. The first-order valence-corrected chi connectivity index (χ1v) is 3.40. The van der Waals surface area contributed by atoms with E-state index >= 15 is 0 Å². The molecule has 62 valence electrons. The molecule has 0 heterocycles. The number of carbonyl (C=O) groups is 2. The fraction of sp³-hybridized carbons (Fsp3) is 0.500. The highest BCUT2D eigenvalue weighted by Gasteiger charge is 2.26. The van der Waals surface area contributed by atoms with Crippen LogP contribution in [0.2, 0.25) is 0 Å². The van der Waals surface area contributed by atoms with Crippen molar-refractivity contribution in [1.29, 1.82) is 5.41 Å². The summed E-state index contributed by atoms with van der Waals surface area (Å²) in [6, 6.07) is 0. The lowest BCUT2D eigenvalue weighted by Gasteiger charge is -2.05. The highest BCUT2D eigenvalue weighted by molar-refractivity contribution is 6.32. The topological polar surface area (TPSA) is 78.2 Å². The van der Waals surface area contributed by atoms with Crippen LogP contribution in [0.25, 0.3) is 0 Å². The maximum Gasteiger partial charge on any atom is 0.319 e. The Labute approximate surface area is 68.7 Å². The Balaban J connectivity index is 4.47. The van der Waals surface area contributed by atoms with Crippen molar-refractivity contribution in [1.82, 2.24) is 0 Å². The van der Waals surface area contributed by atoms with Crippen molar-refractivity contribution >= 4 is 29.1 Å². The number of aliphatic carboxylic acids is 1. The standard InChI is InChI=1S/C6H8ClNO3/c1-3(8)5(6(10)11)4(9)2-7/h5,8H,2H2,1H3,(H,10,11). The number of hydrogen-bond donors (Lipinski definition) is 2. The van der Waals surface area contributed by atoms with E-state index in [9.17, 15) is 9.59 Å². The molecule has 0 saturated heterocycles. The van der Waals surface area contributed by atoms with Gasteiger partial charge in [-0.25, -0.2) is 0 Å². The minimum Gasteiger partial charge on any atom is -0.480 e. The summed E-state index contributed by atoms with van der Waals surface area (Å²) in [5.74, 6) is -3.70. The van der Waals surface area contributed by atoms with Gasteiger partial charge in [-0.3, -0.25) is 9.59 Å². The molecule has 1 atom stereocenters. The molecule has 0 fully saturated rings. The highest BCUT2D eigenvalue weighted by atomic mass is 35.5. The van der Waals surface area contributed by atoms with E-state index in [0.29, 0.717) is 0 Å². The molecule has 0 saturated carbocycles. The maximum absolute atomic E-state index is 10.7. The second kappa shape index (κ2) is 4.08. The van der Waals surface area contributed by atoms with Crippen LogP contribution in [0.3, 0.4) is 0 Å². The number of alkyl halides is 1. The number of ketones is 1. The molecule has 5 heteroatoms. The molecular formula is C6H8ClNO3. The number of nitrogens with one attached hydrogen (secondary N) is 1. The van der Waals surface area contributed by atoms with Crippen LogP contribution in [0.4, 0.5) is 0 Å². The number of hydrogen-bond acceptors (Lipinski definition) is 3. The summed E-state index contributed by atoms with van der Waals surface area (Å²) >= 11 is 5.13. The summed E-state index contributed by atoms with van der Waals surface area (Å²) in [4.78, 5) is 21.1. The largest absolute Gasteiger partial charge is 0.480 e. The van der Waals surface area contributed by atoms with Gasteiger partial charge in [-0.15, -0.1) is 11.6 Å². The van der Waals surface area contributed by atoms with E-state index in [2.05, 4.69) is 0 Å². The SMILES string of the molecule is CC(=N)C(C(=O)O)C(=O)CCl. The third kappa shape index (κ3) is 2.67. The first-order valence-electron chi connectivity index (χ1n) is 2.87. The van der Waals surface area contributed by atoms with Crippen LogP contribution in [-0.2, 0) is 9.59 Å². The van der Waals surface area contributed by atoms with Gasteiger partial charge in [-0.1, -0.05) is 0 Å². The zero-order valence-corrected chi connectivity index (χ0v) is 6.68. The number of halogens is 1. The quantitative estimate of drug-likeness (QED) is 0.374. The Morgan fingerprint density at radius 1 is 1.64 bits per heavy atom. The van der Waals surface area contributed by atoms with Gasteiger partial charge in [-0.2, -0.15) is 0 Å². The minimum absolute atomic E-state index is 0.192. The molecule has 0 aromatic heterocycles. The molecule has 2 N–H and O–H groups in total. The fourth-order valence-electron chi connectivity index (χ4n) is 0.642. The predicted octanol–water partition coefficient (Wildman–Crippen LogP) is 0.535. The van der Waals surface area contributed by atoms with E-state index in [0.717, 1.165) is 0 Å². The van der Waals surface area contributed by atoms with Crippen molar-refractivity contribution in [2.45, 2.75) is 6.92 Å². The van der Waals surface area contributed by atoms with Crippen molar-refractivity contribution in [2.75, 3.05) is 5.88 Å². The summed E-state index contributed by atoms with van der Waals surface area (Å²) in [6.07, 6.45) is 0. The van der Waals surface area contributed by atoms with E-state index in [-0.39, 0.29) is 11.6 Å². The molecule has 0 aromatic carbocycles. The monoisotopic (exact) mass is 177 g/mol. The predicted molar refractivity (Wildman–Crippen MR) is 40.3 cm³/mol. The van der Waals surface area contributed by atoms with Crippen molar-refractivity contribution in [3.63, 3.8) is 0 Å². The second-order valence-electron chi connectivity index (χ2n) is 2.05. The van der Waals surface area contributed by atoms with E-state index in [1.54, 1.807) is 0 Å². The summed E-state index contributed by atoms with van der Waals surface area (Å²) in [6.45, 7) is 1.27. The third-order valence-corrected chi connectivity index (χ3v) is 1.40. The average molecular weight is 178 g/mol. The molecule has 0 aliphatic carbocycles. The molecular weight excluding hydrogens is 170 g/mol. The number of rotatable bonds is 4. The van der Waals surface area contributed by atoms with Crippen molar-refractivity contribution in [3.8, 4) is 0 Å². The Morgan fingerprint density at radius 3 is 2.18 bits per heavy atom. The lowest BCUT2D eigenvalue weighted by atomic mass is 10.0. The Morgan fingerprint density at radius 2 is 2.09 bits per heavy atom. The Bertz CT molecular complexity index is 188. The van der Waals surface area contributed by atoms with Crippen LogP contribution in [-0.4, -0.2) is 28.5 Å².